The summed E-state index contributed by atoms with van der Waals surface area (Å²) in [6.07, 6.45) is 0. The number of benzene rings is 1. The number of likely N-dealkylation sites (N-methyl/N-ethyl adjacent to an activating group) is 1. The third-order valence-electron chi connectivity index (χ3n) is 3.11. The lowest BCUT2D eigenvalue weighted by molar-refractivity contribution is -0.120. The summed E-state index contributed by atoms with van der Waals surface area (Å²) in [4.78, 5) is 15.7. The molecule has 1 rings (SSSR count). The van der Waals surface area contributed by atoms with E-state index in [-0.39, 0.29) is 18.6 Å². The average Bonchev–Trinajstić information content (AvgIpc) is 2.38. The van der Waals surface area contributed by atoms with Crippen molar-refractivity contribution in [3.63, 3.8) is 0 Å². The Morgan fingerprint density at radius 2 is 1.89 bits per heavy atom. The van der Waals surface area contributed by atoms with Crippen molar-refractivity contribution in [2.75, 3.05) is 37.4 Å². The minimum atomic E-state index is -0.00748. The molecule has 5 heteroatoms. The van der Waals surface area contributed by atoms with Crippen molar-refractivity contribution in [2.24, 2.45) is 0 Å². The second-order valence-electron chi connectivity index (χ2n) is 4.83. The maximum Gasteiger partial charge on any atom is 0.240 e. The maximum atomic E-state index is 12.2. The first-order chi connectivity index (χ1) is 8.95. The van der Waals surface area contributed by atoms with Crippen LogP contribution in [0.25, 0.3) is 0 Å². The van der Waals surface area contributed by atoms with Crippen molar-refractivity contribution in [1.29, 1.82) is 0 Å². The minimum Gasteiger partial charge on any atom is -0.399 e. The topological polar surface area (TPSA) is 69.8 Å². The summed E-state index contributed by atoms with van der Waals surface area (Å²) in [5.41, 5.74) is 7.11. The van der Waals surface area contributed by atoms with Gasteiger partial charge in [-0.1, -0.05) is 0 Å². The Balaban J connectivity index is 2.68. The van der Waals surface area contributed by atoms with Gasteiger partial charge in [0.05, 0.1) is 13.2 Å². The van der Waals surface area contributed by atoms with Gasteiger partial charge in [-0.3, -0.25) is 9.69 Å². The molecule has 0 atom stereocenters. The highest BCUT2D eigenvalue weighted by molar-refractivity contribution is 5.94. The van der Waals surface area contributed by atoms with Crippen molar-refractivity contribution in [3.8, 4) is 0 Å². The van der Waals surface area contributed by atoms with Crippen LogP contribution in [0.15, 0.2) is 24.3 Å². The lowest BCUT2D eigenvalue weighted by atomic mass is 10.2. The average molecular weight is 265 g/mol. The number of aliphatic hydroxyl groups is 1. The highest BCUT2D eigenvalue weighted by atomic mass is 16.3. The van der Waals surface area contributed by atoms with Gasteiger partial charge in [0, 0.05) is 31.0 Å². The van der Waals surface area contributed by atoms with E-state index in [9.17, 15) is 4.79 Å². The maximum absolute atomic E-state index is 12.2. The lowest BCUT2D eigenvalue weighted by Crippen LogP contribution is -2.42. The summed E-state index contributed by atoms with van der Waals surface area (Å²) in [7, 11) is 1.74. The first-order valence-electron chi connectivity index (χ1n) is 6.42. The fraction of sp³-hybridized carbons (Fsp3) is 0.500. The van der Waals surface area contributed by atoms with Gasteiger partial charge in [-0.25, -0.2) is 0 Å². The van der Waals surface area contributed by atoms with E-state index < -0.39 is 0 Å². The van der Waals surface area contributed by atoms with Crippen molar-refractivity contribution >= 4 is 17.3 Å². The number of nitrogens with zero attached hydrogens (tertiary/aromatic N) is 2. The molecule has 1 aromatic carbocycles. The number of hydrogen-bond donors (Lipinski definition) is 2. The molecule has 3 N–H and O–H groups in total. The van der Waals surface area contributed by atoms with Gasteiger partial charge in [0.2, 0.25) is 5.91 Å². The zero-order valence-corrected chi connectivity index (χ0v) is 11.8. The summed E-state index contributed by atoms with van der Waals surface area (Å²) in [5.74, 6) is -0.00748. The molecule has 0 heterocycles. The molecule has 1 aromatic rings. The molecule has 0 aromatic heterocycles. The number of nitrogen functional groups attached to an aromatic ring is 1. The number of rotatable bonds is 6. The van der Waals surface area contributed by atoms with Gasteiger partial charge in [0.25, 0.3) is 0 Å². The van der Waals surface area contributed by atoms with Crippen LogP contribution >= 0.6 is 0 Å². The molecule has 0 aliphatic rings. The smallest absolute Gasteiger partial charge is 0.240 e. The Hall–Kier alpha value is -1.59. The molecule has 0 saturated carbocycles. The van der Waals surface area contributed by atoms with E-state index in [4.69, 9.17) is 10.8 Å². The highest BCUT2D eigenvalue weighted by Crippen LogP contribution is 2.15. The largest absolute Gasteiger partial charge is 0.399 e. The van der Waals surface area contributed by atoms with Gasteiger partial charge in [-0.05, 0) is 38.1 Å². The molecule has 0 aliphatic carbocycles. The summed E-state index contributed by atoms with van der Waals surface area (Å²) in [6, 6.07) is 7.40. The molecule has 1 amide bonds. The van der Waals surface area contributed by atoms with Crippen LogP contribution in [-0.4, -0.2) is 48.7 Å². The zero-order chi connectivity index (χ0) is 14.4. The van der Waals surface area contributed by atoms with E-state index >= 15 is 0 Å². The Kier molecular flexibility index (Phi) is 5.79. The summed E-state index contributed by atoms with van der Waals surface area (Å²) in [6.45, 7) is 4.85. The van der Waals surface area contributed by atoms with Gasteiger partial charge in [-0.2, -0.15) is 0 Å². The Labute approximate surface area is 114 Å². The van der Waals surface area contributed by atoms with E-state index in [1.807, 2.05) is 30.9 Å². The van der Waals surface area contributed by atoms with Crippen LogP contribution in [0.5, 0.6) is 0 Å². The van der Waals surface area contributed by atoms with Crippen molar-refractivity contribution in [3.05, 3.63) is 24.3 Å². The molecule has 0 fully saturated rings. The van der Waals surface area contributed by atoms with Crippen LogP contribution in [0.2, 0.25) is 0 Å². The molecular formula is C14H23N3O2. The van der Waals surface area contributed by atoms with Crippen LogP contribution in [-0.2, 0) is 4.79 Å². The summed E-state index contributed by atoms with van der Waals surface area (Å²) >= 11 is 0. The molecule has 0 saturated heterocycles. The molecule has 0 unspecified atom stereocenters. The fourth-order valence-corrected chi connectivity index (χ4v) is 1.77. The minimum absolute atomic E-state index is 0.00748. The van der Waals surface area contributed by atoms with Crippen molar-refractivity contribution < 1.29 is 9.90 Å². The zero-order valence-electron chi connectivity index (χ0n) is 11.8. The number of nitrogens with two attached hydrogens (primary N) is 1. The van der Waals surface area contributed by atoms with Gasteiger partial charge >= 0.3 is 0 Å². The Morgan fingerprint density at radius 3 is 2.37 bits per heavy atom. The molecule has 0 bridgehead atoms. The monoisotopic (exact) mass is 265 g/mol. The number of amides is 1. The lowest BCUT2D eigenvalue weighted by Gasteiger charge is -2.27. The Morgan fingerprint density at radius 1 is 1.32 bits per heavy atom. The van der Waals surface area contributed by atoms with E-state index in [1.54, 1.807) is 24.1 Å². The predicted octanol–water partition coefficient (Wildman–Crippen LogP) is 0.934. The van der Waals surface area contributed by atoms with Gasteiger partial charge in [0.15, 0.2) is 0 Å². The second-order valence-corrected chi connectivity index (χ2v) is 4.83. The van der Waals surface area contributed by atoms with Crippen LogP contribution in [0.4, 0.5) is 11.4 Å². The standard InChI is InChI=1S/C14H23N3O2/c1-11(2)17(8-9-18)10-14(19)16(3)13-6-4-12(15)5-7-13/h4-7,11,18H,8-10,15H2,1-3H3. The van der Waals surface area contributed by atoms with E-state index in [1.165, 1.54) is 0 Å². The number of hydrogen-bond acceptors (Lipinski definition) is 4. The van der Waals surface area contributed by atoms with Crippen molar-refractivity contribution in [1.82, 2.24) is 4.90 Å². The van der Waals surface area contributed by atoms with E-state index in [0.717, 1.165) is 5.69 Å². The predicted molar refractivity (Wildman–Crippen MR) is 78.1 cm³/mol. The van der Waals surface area contributed by atoms with Gasteiger partial charge < -0.3 is 15.7 Å². The molecular weight excluding hydrogens is 242 g/mol. The van der Waals surface area contributed by atoms with Crippen LogP contribution < -0.4 is 10.6 Å². The fourth-order valence-electron chi connectivity index (χ4n) is 1.77. The van der Waals surface area contributed by atoms with E-state index in [0.29, 0.717) is 18.8 Å². The van der Waals surface area contributed by atoms with Crippen molar-refractivity contribution in [2.45, 2.75) is 19.9 Å². The first-order valence-corrected chi connectivity index (χ1v) is 6.42. The molecule has 0 radical (unpaired) electrons. The summed E-state index contributed by atoms with van der Waals surface area (Å²) in [5, 5.41) is 9.00. The van der Waals surface area contributed by atoms with Crippen LogP contribution in [0.1, 0.15) is 13.8 Å². The third kappa shape index (κ3) is 4.54. The normalized spacial score (nSPS) is 11.1. The number of carbonyl (C=O) groups excluding carboxylic acids is 1. The van der Waals surface area contributed by atoms with Crippen LogP contribution in [0, 0.1) is 0 Å². The Bertz CT molecular complexity index is 404. The van der Waals surface area contributed by atoms with Gasteiger partial charge in [-0.15, -0.1) is 0 Å². The number of carbonyl (C=O) groups is 1. The molecule has 5 nitrogen and oxygen atoms in total. The molecule has 106 valence electrons. The van der Waals surface area contributed by atoms with Gasteiger partial charge in [0.1, 0.15) is 0 Å². The third-order valence-corrected chi connectivity index (χ3v) is 3.11. The second kappa shape index (κ2) is 7.11. The number of aliphatic hydroxyl groups excluding tert-OH is 1. The van der Waals surface area contributed by atoms with E-state index in [2.05, 4.69) is 0 Å². The van der Waals surface area contributed by atoms with Crippen LogP contribution in [0.3, 0.4) is 0 Å². The summed E-state index contributed by atoms with van der Waals surface area (Å²) < 4.78 is 0. The molecule has 19 heavy (non-hydrogen) atoms. The molecule has 0 spiro atoms. The highest BCUT2D eigenvalue weighted by Gasteiger charge is 2.17. The SMILES string of the molecule is CC(C)N(CCO)CC(=O)N(C)c1ccc(N)cc1. The first kappa shape index (κ1) is 15.5. The quantitative estimate of drug-likeness (QED) is 0.751. The molecule has 0 aliphatic heterocycles. The number of anilines is 2.